The first-order chi connectivity index (χ1) is 10.7. The van der Waals surface area contributed by atoms with Crippen molar-refractivity contribution in [1.82, 2.24) is 5.32 Å². The Morgan fingerprint density at radius 2 is 2.00 bits per heavy atom. The van der Waals surface area contributed by atoms with Crippen LogP contribution in [0.2, 0.25) is 0 Å². The minimum absolute atomic E-state index is 0.0369. The molecular formula is C17H27NO3S2. The second-order valence-corrected chi connectivity index (χ2v) is 10.8. The Balaban J connectivity index is 1.95. The number of amides is 1. The smallest absolute Gasteiger partial charge is 0.221 e. The maximum Gasteiger partial charge on any atom is 0.221 e. The molecule has 0 aromatic carbocycles. The first kappa shape index (κ1) is 18.5. The SMILES string of the molecule is CC(C)(C)C(NC(=O)CCS(=O)(=O)C1CCCC1)c1cccs1. The molecule has 0 spiro atoms. The average molecular weight is 358 g/mol. The lowest BCUT2D eigenvalue weighted by Crippen LogP contribution is -2.37. The highest BCUT2D eigenvalue weighted by atomic mass is 32.2. The molecule has 1 heterocycles. The summed E-state index contributed by atoms with van der Waals surface area (Å²) in [5, 5.41) is 4.79. The second-order valence-electron chi connectivity index (χ2n) is 7.41. The van der Waals surface area contributed by atoms with Crippen LogP contribution in [0.5, 0.6) is 0 Å². The first-order valence-corrected chi connectivity index (χ1v) is 10.8. The first-order valence-electron chi connectivity index (χ1n) is 8.24. The molecule has 1 aromatic heterocycles. The standard InChI is InChI=1S/C17H27NO3S2/c1-17(2,3)16(14-9-6-11-22-14)18-15(19)10-12-23(20,21)13-7-4-5-8-13/h6,9,11,13,16H,4-5,7-8,10,12H2,1-3H3,(H,18,19). The van der Waals surface area contributed by atoms with Gasteiger partial charge in [-0.2, -0.15) is 0 Å². The van der Waals surface area contributed by atoms with Gasteiger partial charge in [0.25, 0.3) is 0 Å². The zero-order valence-corrected chi connectivity index (χ0v) is 15.8. The fraction of sp³-hybridized carbons (Fsp3) is 0.706. The second kappa shape index (κ2) is 7.34. The van der Waals surface area contributed by atoms with Crippen LogP contribution in [0.25, 0.3) is 0 Å². The van der Waals surface area contributed by atoms with Crippen LogP contribution < -0.4 is 5.32 Å². The lowest BCUT2D eigenvalue weighted by atomic mass is 9.85. The number of carbonyl (C=O) groups excluding carboxylic acids is 1. The van der Waals surface area contributed by atoms with Crippen LogP contribution >= 0.6 is 11.3 Å². The van der Waals surface area contributed by atoms with Gasteiger partial charge in [-0.05, 0) is 29.7 Å². The molecule has 1 saturated carbocycles. The van der Waals surface area contributed by atoms with Crippen molar-refractivity contribution in [3.05, 3.63) is 22.4 Å². The van der Waals surface area contributed by atoms with Crippen molar-refractivity contribution >= 4 is 27.1 Å². The molecule has 1 aliphatic rings. The number of hydrogen-bond donors (Lipinski definition) is 1. The molecule has 1 aliphatic carbocycles. The average Bonchev–Trinajstić information content (AvgIpc) is 3.13. The van der Waals surface area contributed by atoms with Crippen LogP contribution in [0.15, 0.2) is 17.5 Å². The summed E-state index contributed by atoms with van der Waals surface area (Å²) in [5.74, 6) is -0.218. The van der Waals surface area contributed by atoms with Gasteiger partial charge in [-0.15, -0.1) is 11.3 Å². The van der Waals surface area contributed by atoms with Gasteiger partial charge < -0.3 is 5.32 Å². The van der Waals surface area contributed by atoms with Gasteiger partial charge in [0.2, 0.25) is 5.91 Å². The maximum atomic E-state index is 12.3. The predicted octanol–water partition coefficient (Wildman–Crippen LogP) is 3.70. The van der Waals surface area contributed by atoms with Crippen LogP contribution in [-0.4, -0.2) is 25.3 Å². The zero-order chi connectivity index (χ0) is 17.1. The Hall–Kier alpha value is -0.880. The molecule has 1 fully saturated rings. The van der Waals surface area contributed by atoms with Gasteiger partial charge in [-0.3, -0.25) is 4.79 Å². The summed E-state index contributed by atoms with van der Waals surface area (Å²) in [4.78, 5) is 13.4. The molecule has 0 aliphatic heterocycles. The third-order valence-electron chi connectivity index (χ3n) is 4.42. The monoisotopic (exact) mass is 357 g/mol. The predicted molar refractivity (Wildman–Crippen MR) is 95.3 cm³/mol. The van der Waals surface area contributed by atoms with Crippen LogP contribution in [0.4, 0.5) is 0 Å². The van der Waals surface area contributed by atoms with Gasteiger partial charge in [0.05, 0.1) is 17.0 Å². The Bertz CT molecular complexity index is 609. The van der Waals surface area contributed by atoms with E-state index in [0.29, 0.717) is 0 Å². The van der Waals surface area contributed by atoms with E-state index in [1.54, 1.807) is 11.3 Å². The van der Waals surface area contributed by atoms with Crippen molar-refractivity contribution in [2.24, 2.45) is 5.41 Å². The topological polar surface area (TPSA) is 63.2 Å². The Morgan fingerprint density at radius 3 is 2.52 bits per heavy atom. The highest BCUT2D eigenvalue weighted by molar-refractivity contribution is 7.92. The van der Waals surface area contributed by atoms with E-state index in [1.165, 1.54) is 0 Å². The van der Waals surface area contributed by atoms with Gasteiger partial charge in [0.15, 0.2) is 9.84 Å². The number of hydrogen-bond acceptors (Lipinski definition) is 4. The summed E-state index contributed by atoms with van der Waals surface area (Å²) >= 11 is 1.61. The lowest BCUT2D eigenvalue weighted by molar-refractivity contribution is -0.122. The third-order valence-corrected chi connectivity index (χ3v) is 7.62. The normalized spacial score (nSPS) is 18.0. The minimum atomic E-state index is -3.14. The number of thiophene rings is 1. The van der Waals surface area contributed by atoms with E-state index in [2.05, 4.69) is 26.1 Å². The fourth-order valence-electron chi connectivity index (χ4n) is 3.05. The van der Waals surface area contributed by atoms with E-state index in [4.69, 9.17) is 0 Å². The highest BCUT2D eigenvalue weighted by Crippen LogP contribution is 2.35. The summed E-state index contributed by atoms with van der Waals surface area (Å²) in [6.07, 6.45) is 3.53. The molecule has 2 rings (SSSR count). The third kappa shape index (κ3) is 5.05. The molecule has 0 bridgehead atoms. The van der Waals surface area contributed by atoms with Gasteiger partial charge in [-0.1, -0.05) is 39.7 Å². The van der Waals surface area contributed by atoms with Crippen LogP contribution in [0.3, 0.4) is 0 Å². The molecule has 1 atom stereocenters. The van der Waals surface area contributed by atoms with Crippen molar-refractivity contribution in [3.8, 4) is 0 Å². The summed E-state index contributed by atoms with van der Waals surface area (Å²) < 4.78 is 24.5. The zero-order valence-electron chi connectivity index (χ0n) is 14.2. The van der Waals surface area contributed by atoms with Crippen molar-refractivity contribution in [3.63, 3.8) is 0 Å². The van der Waals surface area contributed by atoms with Crippen molar-refractivity contribution in [1.29, 1.82) is 0 Å². The van der Waals surface area contributed by atoms with Gasteiger partial charge in [-0.25, -0.2) is 8.42 Å². The van der Waals surface area contributed by atoms with Gasteiger partial charge >= 0.3 is 0 Å². The molecule has 0 radical (unpaired) electrons. The van der Waals surface area contributed by atoms with Crippen LogP contribution in [0.1, 0.15) is 63.8 Å². The molecule has 6 heteroatoms. The lowest BCUT2D eigenvalue weighted by Gasteiger charge is -2.30. The van der Waals surface area contributed by atoms with E-state index >= 15 is 0 Å². The molecule has 1 N–H and O–H groups in total. The van der Waals surface area contributed by atoms with Gasteiger partial charge in [0.1, 0.15) is 0 Å². The quantitative estimate of drug-likeness (QED) is 0.844. The fourth-order valence-corrected chi connectivity index (χ4v) is 5.93. The van der Waals surface area contributed by atoms with Crippen molar-refractivity contribution in [2.75, 3.05) is 5.75 Å². The van der Waals surface area contributed by atoms with Crippen molar-refractivity contribution < 1.29 is 13.2 Å². The maximum absolute atomic E-state index is 12.3. The number of nitrogens with one attached hydrogen (secondary N) is 1. The molecule has 4 nitrogen and oxygen atoms in total. The summed E-state index contributed by atoms with van der Waals surface area (Å²) in [6, 6.07) is 3.88. The number of sulfone groups is 1. The summed E-state index contributed by atoms with van der Waals surface area (Å²) in [6.45, 7) is 6.23. The molecule has 0 saturated heterocycles. The Morgan fingerprint density at radius 1 is 1.35 bits per heavy atom. The van der Waals surface area contributed by atoms with Crippen molar-refractivity contribution in [2.45, 2.75) is 64.2 Å². The Labute approximate surface area is 143 Å². The van der Waals surface area contributed by atoms with Crippen LogP contribution in [-0.2, 0) is 14.6 Å². The van der Waals surface area contributed by atoms with E-state index in [1.807, 2.05) is 17.5 Å². The number of carbonyl (C=O) groups is 1. The number of rotatable bonds is 6. The van der Waals surface area contributed by atoms with E-state index in [0.717, 1.165) is 30.6 Å². The minimum Gasteiger partial charge on any atom is -0.348 e. The molecule has 1 amide bonds. The highest BCUT2D eigenvalue weighted by Gasteiger charge is 2.31. The van der Waals surface area contributed by atoms with Gasteiger partial charge in [0, 0.05) is 11.3 Å². The van der Waals surface area contributed by atoms with Crippen LogP contribution in [0, 0.1) is 5.41 Å². The Kier molecular flexibility index (Phi) is 5.89. The summed E-state index contributed by atoms with van der Waals surface area (Å²) in [7, 11) is -3.14. The largest absolute Gasteiger partial charge is 0.348 e. The summed E-state index contributed by atoms with van der Waals surface area (Å²) in [5.41, 5.74) is -0.120. The van der Waals surface area contributed by atoms with E-state index < -0.39 is 9.84 Å². The molecule has 1 unspecified atom stereocenters. The molecule has 1 aromatic rings. The molecule has 23 heavy (non-hydrogen) atoms. The molecule has 130 valence electrons. The molecular weight excluding hydrogens is 330 g/mol. The van der Waals surface area contributed by atoms with E-state index in [9.17, 15) is 13.2 Å². The van der Waals surface area contributed by atoms with E-state index in [-0.39, 0.29) is 34.8 Å².